The van der Waals surface area contributed by atoms with Gasteiger partial charge in [0.15, 0.2) is 0 Å². The summed E-state index contributed by atoms with van der Waals surface area (Å²) in [5, 5.41) is 0.162. The number of piperidine rings is 1. The molecule has 0 aliphatic carbocycles. The predicted molar refractivity (Wildman–Crippen MR) is 79.5 cm³/mol. The molecule has 0 spiro atoms. The zero-order valence-electron chi connectivity index (χ0n) is 11.9. The molecule has 1 fully saturated rings. The van der Waals surface area contributed by atoms with Crippen LogP contribution in [0.5, 0.6) is 0 Å². The number of carbonyl (C=O) groups is 1. The second-order valence-corrected chi connectivity index (χ2v) is 6.69. The summed E-state index contributed by atoms with van der Waals surface area (Å²) in [4.78, 5) is 14.4. The van der Waals surface area contributed by atoms with Gasteiger partial charge in [-0.3, -0.25) is 4.79 Å². The average molecular weight is 280 g/mol. The molecule has 1 amide bonds. The summed E-state index contributed by atoms with van der Waals surface area (Å²) in [6.45, 7) is 7.86. The van der Waals surface area contributed by atoms with Crippen LogP contribution in [0.15, 0.2) is 24.3 Å². The summed E-state index contributed by atoms with van der Waals surface area (Å²) >= 11 is 6.33. The van der Waals surface area contributed by atoms with E-state index < -0.39 is 0 Å². The molecule has 104 valence electrons. The number of hydrogen-bond acceptors (Lipinski definition) is 1. The summed E-state index contributed by atoms with van der Waals surface area (Å²) in [7, 11) is 0. The molecule has 1 unspecified atom stereocenters. The Labute approximate surface area is 120 Å². The van der Waals surface area contributed by atoms with Crippen molar-refractivity contribution in [3.63, 3.8) is 0 Å². The van der Waals surface area contributed by atoms with E-state index in [-0.39, 0.29) is 16.7 Å². The number of carbonyl (C=O) groups excluding carboxylic acids is 1. The van der Waals surface area contributed by atoms with E-state index in [1.807, 2.05) is 23.1 Å². The Bertz CT molecular complexity index is 470. The molecule has 0 N–H and O–H groups in total. The minimum atomic E-state index is 0.00119. The Balaban J connectivity index is 2.03. The molecule has 1 aromatic carbocycles. The Morgan fingerprint density at radius 3 is 2.74 bits per heavy atom. The van der Waals surface area contributed by atoms with Crippen LogP contribution in [0.2, 0.25) is 0 Å². The molecule has 1 heterocycles. The lowest BCUT2D eigenvalue weighted by atomic mass is 9.83. The molecule has 1 aromatic rings. The van der Waals surface area contributed by atoms with E-state index in [1.165, 1.54) is 5.56 Å². The van der Waals surface area contributed by atoms with Crippen molar-refractivity contribution < 1.29 is 4.79 Å². The maximum atomic E-state index is 12.4. The summed E-state index contributed by atoms with van der Waals surface area (Å²) in [5.41, 5.74) is 2.31. The van der Waals surface area contributed by atoms with E-state index in [1.54, 1.807) is 0 Å². The summed E-state index contributed by atoms with van der Waals surface area (Å²) in [6, 6.07) is 8.08. The van der Waals surface area contributed by atoms with Gasteiger partial charge in [0.1, 0.15) is 0 Å². The Kier molecular flexibility index (Phi) is 4.19. The second-order valence-electron chi connectivity index (χ2n) is 6.16. The standard InChI is InChI=1S/C16H22ClNO/c1-12-6-4-5-7-13(12)10-15(19)18-9-8-14(17)16(2,3)11-18/h4-7,14H,8-11H2,1-3H3. The number of likely N-dealkylation sites (tertiary alicyclic amines) is 1. The summed E-state index contributed by atoms with van der Waals surface area (Å²) in [5.74, 6) is 0.214. The van der Waals surface area contributed by atoms with E-state index >= 15 is 0 Å². The average Bonchev–Trinajstić information content (AvgIpc) is 2.35. The highest BCUT2D eigenvalue weighted by Crippen LogP contribution is 2.33. The number of amides is 1. The van der Waals surface area contributed by atoms with Crippen molar-refractivity contribution in [2.24, 2.45) is 5.41 Å². The number of aryl methyl sites for hydroxylation is 1. The fraction of sp³-hybridized carbons (Fsp3) is 0.562. The predicted octanol–water partition coefficient (Wildman–Crippen LogP) is 3.40. The summed E-state index contributed by atoms with van der Waals surface area (Å²) < 4.78 is 0. The fourth-order valence-electron chi connectivity index (χ4n) is 2.63. The molecule has 1 aliphatic rings. The van der Waals surface area contributed by atoms with Gasteiger partial charge in [-0.1, -0.05) is 38.1 Å². The van der Waals surface area contributed by atoms with Crippen LogP contribution in [0.1, 0.15) is 31.4 Å². The van der Waals surface area contributed by atoms with Crippen molar-refractivity contribution in [1.29, 1.82) is 0 Å². The van der Waals surface area contributed by atoms with Crippen LogP contribution in [0.3, 0.4) is 0 Å². The topological polar surface area (TPSA) is 20.3 Å². The van der Waals surface area contributed by atoms with E-state index in [2.05, 4.69) is 26.8 Å². The quantitative estimate of drug-likeness (QED) is 0.760. The van der Waals surface area contributed by atoms with Gasteiger partial charge in [0.2, 0.25) is 5.91 Å². The Morgan fingerprint density at radius 1 is 1.42 bits per heavy atom. The van der Waals surface area contributed by atoms with Crippen molar-refractivity contribution in [1.82, 2.24) is 4.90 Å². The zero-order valence-corrected chi connectivity index (χ0v) is 12.7. The molecule has 0 aromatic heterocycles. The number of alkyl halides is 1. The molecule has 19 heavy (non-hydrogen) atoms. The van der Waals surface area contributed by atoms with Crippen LogP contribution in [0, 0.1) is 12.3 Å². The van der Waals surface area contributed by atoms with E-state index in [0.29, 0.717) is 6.42 Å². The minimum absolute atomic E-state index is 0.00119. The lowest BCUT2D eigenvalue weighted by Crippen LogP contribution is -2.49. The first kappa shape index (κ1) is 14.4. The number of hydrogen-bond donors (Lipinski definition) is 0. The van der Waals surface area contributed by atoms with Gasteiger partial charge in [-0.05, 0) is 29.9 Å². The minimum Gasteiger partial charge on any atom is -0.342 e. The SMILES string of the molecule is Cc1ccccc1CC(=O)N1CCC(Cl)C(C)(C)C1. The number of nitrogens with zero attached hydrogens (tertiary/aromatic N) is 1. The number of benzene rings is 1. The van der Waals surface area contributed by atoms with Gasteiger partial charge in [-0.2, -0.15) is 0 Å². The van der Waals surface area contributed by atoms with Crippen LogP contribution in [-0.4, -0.2) is 29.3 Å². The van der Waals surface area contributed by atoms with Crippen molar-refractivity contribution in [3.8, 4) is 0 Å². The maximum absolute atomic E-state index is 12.4. The third kappa shape index (κ3) is 3.30. The van der Waals surface area contributed by atoms with Crippen LogP contribution in [-0.2, 0) is 11.2 Å². The highest BCUT2D eigenvalue weighted by atomic mass is 35.5. The first-order chi connectivity index (χ1) is 8.90. The van der Waals surface area contributed by atoms with Gasteiger partial charge in [-0.15, -0.1) is 11.6 Å². The van der Waals surface area contributed by atoms with Crippen LogP contribution >= 0.6 is 11.6 Å². The highest BCUT2D eigenvalue weighted by molar-refractivity contribution is 6.21. The highest BCUT2D eigenvalue weighted by Gasteiger charge is 2.36. The molecule has 1 aliphatic heterocycles. The van der Waals surface area contributed by atoms with Crippen LogP contribution in [0.25, 0.3) is 0 Å². The molecule has 1 saturated heterocycles. The van der Waals surface area contributed by atoms with Crippen molar-refractivity contribution in [3.05, 3.63) is 35.4 Å². The molecule has 2 rings (SSSR count). The molecule has 0 saturated carbocycles. The zero-order chi connectivity index (χ0) is 14.0. The van der Waals surface area contributed by atoms with Gasteiger partial charge >= 0.3 is 0 Å². The second kappa shape index (κ2) is 5.54. The van der Waals surface area contributed by atoms with Crippen molar-refractivity contribution in [2.45, 2.75) is 39.0 Å². The smallest absolute Gasteiger partial charge is 0.227 e. The van der Waals surface area contributed by atoms with Crippen LogP contribution < -0.4 is 0 Å². The Hall–Kier alpha value is -1.02. The molecule has 0 radical (unpaired) electrons. The van der Waals surface area contributed by atoms with Gasteiger partial charge in [0.05, 0.1) is 6.42 Å². The summed E-state index contributed by atoms with van der Waals surface area (Å²) in [6.07, 6.45) is 1.38. The lowest BCUT2D eigenvalue weighted by Gasteiger charge is -2.41. The molecular weight excluding hydrogens is 258 g/mol. The van der Waals surface area contributed by atoms with E-state index in [0.717, 1.165) is 25.1 Å². The van der Waals surface area contributed by atoms with Gasteiger partial charge in [-0.25, -0.2) is 0 Å². The van der Waals surface area contributed by atoms with Gasteiger partial charge < -0.3 is 4.90 Å². The number of rotatable bonds is 2. The largest absolute Gasteiger partial charge is 0.342 e. The van der Waals surface area contributed by atoms with Crippen molar-refractivity contribution in [2.75, 3.05) is 13.1 Å². The monoisotopic (exact) mass is 279 g/mol. The first-order valence-corrected chi connectivity index (χ1v) is 7.30. The van der Waals surface area contributed by atoms with Crippen LogP contribution in [0.4, 0.5) is 0 Å². The van der Waals surface area contributed by atoms with E-state index in [4.69, 9.17) is 11.6 Å². The Morgan fingerprint density at radius 2 is 2.11 bits per heavy atom. The molecule has 2 nitrogen and oxygen atoms in total. The molecular formula is C16H22ClNO. The lowest BCUT2D eigenvalue weighted by molar-refractivity contribution is -0.133. The third-order valence-electron chi connectivity index (χ3n) is 4.05. The van der Waals surface area contributed by atoms with Gasteiger partial charge in [0, 0.05) is 18.5 Å². The molecule has 3 heteroatoms. The normalized spacial score (nSPS) is 22.3. The molecule has 1 atom stereocenters. The van der Waals surface area contributed by atoms with Gasteiger partial charge in [0.25, 0.3) is 0 Å². The van der Waals surface area contributed by atoms with Crippen molar-refractivity contribution >= 4 is 17.5 Å². The maximum Gasteiger partial charge on any atom is 0.227 e. The molecule has 0 bridgehead atoms. The fourth-order valence-corrected chi connectivity index (χ4v) is 2.79. The third-order valence-corrected chi connectivity index (χ3v) is 4.86. The number of halogens is 1. The van der Waals surface area contributed by atoms with E-state index in [9.17, 15) is 4.79 Å². The first-order valence-electron chi connectivity index (χ1n) is 6.86.